The summed E-state index contributed by atoms with van der Waals surface area (Å²) in [4.78, 5) is 13.1. The van der Waals surface area contributed by atoms with Crippen molar-refractivity contribution < 1.29 is 4.74 Å². The molecule has 7 aromatic carbocycles. The van der Waals surface area contributed by atoms with Crippen LogP contribution in [-0.2, 0) is 10.8 Å². The molecule has 1 spiro atoms. The lowest BCUT2D eigenvalue weighted by Gasteiger charge is -2.42. The number of rotatable bonds is 4. The molecule has 4 heteroatoms. The molecule has 0 saturated carbocycles. The van der Waals surface area contributed by atoms with Crippen LogP contribution < -0.4 is 4.74 Å². The third kappa shape index (κ3) is 5.43. The molecule has 0 fully saturated rings. The van der Waals surface area contributed by atoms with Gasteiger partial charge in [0.1, 0.15) is 23.5 Å². The zero-order valence-corrected chi connectivity index (χ0v) is 36.7. The highest BCUT2D eigenvalue weighted by molar-refractivity contribution is 6.13. The second-order valence-corrected chi connectivity index (χ2v) is 18.7. The maximum absolute atomic E-state index is 6.98. The molecule has 4 aliphatic carbocycles. The van der Waals surface area contributed by atoms with Gasteiger partial charge < -0.3 is 9.64 Å². The van der Waals surface area contributed by atoms with E-state index in [4.69, 9.17) is 14.7 Å². The summed E-state index contributed by atoms with van der Waals surface area (Å²) in [5.74, 6) is 3.97. The molecule has 5 unspecified atom stereocenters. The van der Waals surface area contributed by atoms with E-state index in [1.165, 1.54) is 55.7 Å². The van der Waals surface area contributed by atoms with Crippen molar-refractivity contribution >= 4 is 17.2 Å². The minimum Gasteiger partial charge on any atom is -0.457 e. The third-order valence-corrected chi connectivity index (χ3v) is 15.1. The minimum absolute atomic E-state index is 0.0817. The number of ether oxygens (including phenoxy) is 1. The fraction of sp³-hybridized carbons (Fsp3) is 0.148. The molecule has 6 aliphatic rings. The zero-order valence-electron chi connectivity index (χ0n) is 36.7. The van der Waals surface area contributed by atoms with Crippen molar-refractivity contribution in [3.8, 4) is 33.8 Å². The summed E-state index contributed by atoms with van der Waals surface area (Å²) in [5, 5.41) is 0. The molecular weight excluding hydrogens is 791 g/mol. The number of hydrogen-bond donors (Lipinski definition) is 0. The molecule has 7 aromatic rings. The second kappa shape index (κ2) is 14.2. The Morgan fingerprint density at radius 1 is 0.615 bits per heavy atom. The first-order valence-corrected chi connectivity index (χ1v) is 23.0. The van der Waals surface area contributed by atoms with E-state index in [-0.39, 0.29) is 17.5 Å². The van der Waals surface area contributed by atoms with Crippen LogP contribution in [0.5, 0.6) is 11.5 Å². The van der Waals surface area contributed by atoms with Crippen LogP contribution in [0.4, 0.5) is 0 Å². The minimum atomic E-state index is -0.498. The van der Waals surface area contributed by atoms with E-state index in [9.17, 15) is 0 Å². The van der Waals surface area contributed by atoms with Gasteiger partial charge in [0.15, 0.2) is 5.84 Å². The average molecular weight is 838 g/mol. The molecule has 2 heterocycles. The first-order valence-electron chi connectivity index (χ1n) is 23.0. The Kier molecular flexibility index (Phi) is 8.30. The monoisotopic (exact) mass is 837 g/mol. The molecular formula is C61H47N3O. The van der Waals surface area contributed by atoms with Crippen molar-refractivity contribution in [3.63, 3.8) is 0 Å². The van der Waals surface area contributed by atoms with Gasteiger partial charge in [-0.1, -0.05) is 190 Å². The molecule has 65 heavy (non-hydrogen) atoms. The van der Waals surface area contributed by atoms with Crippen molar-refractivity contribution in [1.29, 1.82) is 0 Å². The lowest BCUT2D eigenvalue weighted by Crippen LogP contribution is -2.36. The molecule has 312 valence electrons. The quantitative estimate of drug-likeness (QED) is 0.177. The largest absolute Gasteiger partial charge is 0.457 e. The maximum atomic E-state index is 6.98. The van der Waals surface area contributed by atoms with E-state index >= 15 is 0 Å². The van der Waals surface area contributed by atoms with Crippen LogP contribution in [0.2, 0.25) is 0 Å². The van der Waals surface area contributed by atoms with Crippen LogP contribution in [-0.4, -0.2) is 23.6 Å². The zero-order chi connectivity index (χ0) is 43.4. The molecule has 13 rings (SSSR count). The fourth-order valence-corrected chi connectivity index (χ4v) is 12.1. The van der Waals surface area contributed by atoms with E-state index in [1.54, 1.807) is 0 Å². The Balaban J connectivity index is 0.938. The highest BCUT2D eigenvalue weighted by Gasteiger charge is 2.53. The standard InChI is InChI=1S/C61H47N3O/c1-38-17-15-28-53-56(38)46-23-8-10-26-50(46)61(53)51-27-11-12-29-54(51)65-55-37-43(31-33-52(55)61)59-63-57(62-58(64(59)3)39-18-5-4-6-19-39)42-21-16-20-40(35-42)41-30-32-45-47(36-41)44-22-7-9-24-48(44)60(2)34-14-13-25-49(45)60/h4-16,18-38,49,58H,17H2,1-3H3. The van der Waals surface area contributed by atoms with Crippen LogP contribution in [0, 0.1) is 5.92 Å². The molecule has 0 N–H and O–H groups in total. The Hall–Kier alpha value is -7.56. The molecule has 0 saturated heterocycles. The van der Waals surface area contributed by atoms with Crippen molar-refractivity contribution in [2.75, 3.05) is 7.05 Å². The lowest BCUT2D eigenvalue weighted by molar-refractivity contribution is 0.382. The fourth-order valence-electron chi connectivity index (χ4n) is 12.1. The Morgan fingerprint density at radius 3 is 2.22 bits per heavy atom. The number of para-hydroxylation sites is 1. The Bertz CT molecular complexity index is 3350. The van der Waals surface area contributed by atoms with Gasteiger partial charge in [-0.2, -0.15) is 0 Å². The van der Waals surface area contributed by atoms with E-state index in [0.29, 0.717) is 11.8 Å². The Labute approximate surface area is 381 Å². The number of hydrogen-bond acceptors (Lipinski definition) is 4. The number of allylic oxidation sites excluding steroid dienone is 8. The highest BCUT2D eigenvalue weighted by Crippen LogP contribution is 2.63. The number of aliphatic imine (C=N–C) groups is 2. The average Bonchev–Trinajstić information content (AvgIpc) is 3.65. The van der Waals surface area contributed by atoms with E-state index < -0.39 is 5.41 Å². The molecule has 0 aromatic heterocycles. The van der Waals surface area contributed by atoms with Crippen LogP contribution in [0.1, 0.15) is 82.4 Å². The number of benzene rings is 7. The van der Waals surface area contributed by atoms with Gasteiger partial charge >= 0.3 is 0 Å². The van der Waals surface area contributed by atoms with Crippen molar-refractivity contribution in [2.24, 2.45) is 15.9 Å². The van der Waals surface area contributed by atoms with Gasteiger partial charge in [-0.3, -0.25) is 0 Å². The van der Waals surface area contributed by atoms with Gasteiger partial charge in [-0.25, -0.2) is 9.98 Å². The highest BCUT2D eigenvalue weighted by atomic mass is 16.5. The predicted molar refractivity (Wildman–Crippen MR) is 265 cm³/mol. The summed E-state index contributed by atoms with van der Waals surface area (Å²) in [5.41, 5.74) is 17.9. The molecule has 4 nitrogen and oxygen atoms in total. The van der Waals surface area contributed by atoms with Gasteiger partial charge in [0.05, 0.1) is 5.41 Å². The summed E-state index contributed by atoms with van der Waals surface area (Å²) in [6, 6.07) is 59.7. The molecule has 2 aliphatic heterocycles. The maximum Gasteiger partial charge on any atom is 0.159 e. The van der Waals surface area contributed by atoms with Crippen LogP contribution >= 0.6 is 0 Å². The van der Waals surface area contributed by atoms with Gasteiger partial charge in [0, 0.05) is 40.6 Å². The van der Waals surface area contributed by atoms with Gasteiger partial charge in [-0.05, 0) is 97.8 Å². The lowest BCUT2D eigenvalue weighted by atomic mass is 9.60. The van der Waals surface area contributed by atoms with Crippen LogP contribution in [0.15, 0.2) is 216 Å². The van der Waals surface area contributed by atoms with E-state index in [2.05, 4.69) is 226 Å². The van der Waals surface area contributed by atoms with Crippen molar-refractivity contribution in [1.82, 2.24) is 4.90 Å². The summed E-state index contributed by atoms with van der Waals surface area (Å²) in [6.45, 7) is 4.74. The summed E-state index contributed by atoms with van der Waals surface area (Å²) < 4.78 is 6.98. The summed E-state index contributed by atoms with van der Waals surface area (Å²) in [7, 11) is 2.11. The third-order valence-electron chi connectivity index (χ3n) is 15.1. The summed E-state index contributed by atoms with van der Waals surface area (Å²) in [6.07, 6.45) is 14.6. The number of amidine groups is 2. The topological polar surface area (TPSA) is 37.2 Å². The van der Waals surface area contributed by atoms with E-state index in [0.717, 1.165) is 51.6 Å². The SMILES string of the molecule is CC1CC=CC2=C1c1ccccc1C21c2ccccc2Oc2cc(C3=NC(c4cccc(-c5ccc6c(c5)-c5ccccc5C5(C)C=CC=CC65)c4)=NC(c4ccccc4)N3C)ccc21. The van der Waals surface area contributed by atoms with E-state index in [1.807, 2.05) is 0 Å². The number of nitrogens with zero attached hydrogens (tertiary/aromatic N) is 3. The molecule has 5 atom stereocenters. The molecule has 0 bridgehead atoms. The smallest absolute Gasteiger partial charge is 0.159 e. The van der Waals surface area contributed by atoms with Crippen molar-refractivity contribution in [2.45, 2.75) is 43.2 Å². The van der Waals surface area contributed by atoms with Crippen molar-refractivity contribution in [3.05, 3.63) is 256 Å². The number of fused-ring (bicyclic) bond motifs is 14. The second-order valence-electron chi connectivity index (χ2n) is 18.7. The first-order chi connectivity index (χ1) is 31.9. The van der Waals surface area contributed by atoms with Crippen LogP contribution in [0.25, 0.3) is 27.8 Å². The normalized spacial score (nSPS) is 23.9. The van der Waals surface area contributed by atoms with Gasteiger partial charge in [0.2, 0.25) is 0 Å². The van der Waals surface area contributed by atoms with Gasteiger partial charge in [-0.15, -0.1) is 0 Å². The van der Waals surface area contributed by atoms with Gasteiger partial charge in [0.25, 0.3) is 0 Å². The molecule has 0 amide bonds. The summed E-state index contributed by atoms with van der Waals surface area (Å²) >= 11 is 0. The molecule has 0 radical (unpaired) electrons. The first kappa shape index (κ1) is 37.9. The van der Waals surface area contributed by atoms with Crippen LogP contribution in [0.3, 0.4) is 0 Å². The predicted octanol–water partition coefficient (Wildman–Crippen LogP) is 14.1. The Morgan fingerprint density at radius 2 is 1.34 bits per heavy atom.